The molecule has 2 bridgehead atoms. The van der Waals surface area contributed by atoms with Gasteiger partial charge in [0.2, 0.25) is 5.60 Å². The van der Waals surface area contributed by atoms with Gasteiger partial charge in [-0.05, 0) is 51.7 Å². The maximum Gasteiger partial charge on any atom is 0.356 e. The standard InChI is InChI=1S/C19H24O4/c1-11-9-12(2)14(13(3)10-11)22-16(21)19-8-7-18(6,15(20)23-19)17(19,4)5/h9-10H,7-8H2,1-6H3/t18-,19+/m0/s1. The van der Waals surface area contributed by atoms with E-state index in [0.29, 0.717) is 18.6 Å². The largest absolute Gasteiger partial charge is 0.446 e. The molecule has 3 rings (SSSR count). The van der Waals surface area contributed by atoms with Gasteiger partial charge >= 0.3 is 11.9 Å². The lowest BCUT2D eigenvalue weighted by Crippen LogP contribution is -2.50. The van der Waals surface area contributed by atoms with Crippen LogP contribution in [0.25, 0.3) is 0 Å². The Bertz CT molecular complexity index is 695. The fourth-order valence-corrected chi connectivity index (χ4v) is 4.21. The third kappa shape index (κ3) is 1.84. The number of carbonyl (C=O) groups is 2. The zero-order valence-electron chi connectivity index (χ0n) is 14.7. The molecule has 0 amide bonds. The summed E-state index contributed by atoms with van der Waals surface area (Å²) in [6.07, 6.45) is 1.17. The van der Waals surface area contributed by atoms with Crippen LogP contribution in [0, 0.1) is 31.6 Å². The SMILES string of the molecule is Cc1cc(C)c(OC(=O)[C@@]23CC[C@@](C)(C(=O)O2)C3(C)C)c(C)c1. The van der Waals surface area contributed by atoms with Gasteiger partial charge in [-0.2, -0.15) is 0 Å². The molecule has 124 valence electrons. The van der Waals surface area contributed by atoms with Crippen molar-refractivity contribution in [2.75, 3.05) is 0 Å². The average Bonchev–Trinajstić information content (AvgIpc) is 2.73. The summed E-state index contributed by atoms with van der Waals surface area (Å²) in [5.41, 5.74) is 0.566. The van der Waals surface area contributed by atoms with Gasteiger partial charge in [-0.1, -0.05) is 31.5 Å². The molecule has 1 aromatic carbocycles. The number of hydrogen-bond acceptors (Lipinski definition) is 4. The highest BCUT2D eigenvalue weighted by molar-refractivity contribution is 5.94. The maximum absolute atomic E-state index is 13.0. The van der Waals surface area contributed by atoms with Crippen molar-refractivity contribution in [2.24, 2.45) is 10.8 Å². The Morgan fingerprint density at radius 1 is 1.09 bits per heavy atom. The molecule has 1 aromatic rings. The van der Waals surface area contributed by atoms with E-state index >= 15 is 0 Å². The van der Waals surface area contributed by atoms with E-state index in [1.807, 2.05) is 53.7 Å². The monoisotopic (exact) mass is 316 g/mol. The second-order valence-corrected chi connectivity index (χ2v) is 7.79. The van der Waals surface area contributed by atoms with Gasteiger partial charge in [-0.15, -0.1) is 0 Å². The average molecular weight is 316 g/mol. The molecule has 1 aliphatic heterocycles. The van der Waals surface area contributed by atoms with Crippen molar-refractivity contribution in [3.63, 3.8) is 0 Å². The molecule has 2 aliphatic rings. The fourth-order valence-electron chi connectivity index (χ4n) is 4.21. The molecule has 4 heteroatoms. The molecule has 1 saturated heterocycles. The zero-order chi connectivity index (χ0) is 17.2. The van der Waals surface area contributed by atoms with Crippen LogP contribution in [0.4, 0.5) is 0 Å². The number of carbonyl (C=O) groups excluding carboxylic acids is 2. The van der Waals surface area contributed by atoms with Crippen molar-refractivity contribution in [1.82, 2.24) is 0 Å². The number of esters is 2. The minimum Gasteiger partial charge on any atom is -0.446 e. The molecule has 0 unspecified atom stereocenters. The number of ether oxygens (including phenoxy) is 2. The van der Waals surface area contributed by atoms with Gasteiger partial charge in [0.15, 0.2) is 0 Å². The molecule has 1 heterocycles. The van der Waals surface area contributed by atoms with Crippen LogP contribution in [0.2, 0.25) is 0 Å². The molecular formula is C19H24O4. The van der Waals surface area contributed by atoms with E-state index in [9.17, 15) is 9.59 Å². The van der Waals surface area contributed by atoms with Gasteiger partial charge in [0, 0.05) is 5.41 Å². The van der Waals surface area contributed by atoms with Gasteiger partial charge in [0.05, 0.1) is 5.41 Å². The smallest absolute Gasteiger partial charge is 0.356 e. The van der Waals surface area contributed by atoms with Gasteiger partial charge in [0.1, 0.15) is 5.75 Å². The lowest BCUT2D eigenvalue weighted by Gasteiger charge is -2.34. The Labute approximate surface area is 137 Å². The van der Waals surface area contributed by atoms with E-state index in [0.717, 1.165) is 16.7 Å². The minimum absolute atomic E-state index is 0.289. The van der Waals surface area contributed by atoms with Crippen molar-refractivity contribution in [1.29, 1.82) is 0 Å². The first-order valence-corrected chi connectivity index (χ1v) is 8.09. The van der Waals surface area contributed by atoms with Crippen molar-refractivity contribution < 1.29 is 19.1 Å². The fraction of sp³-hybridized carbons (Fsp3) is 0.579. The predicted molar refractivity (Wildman–Crippen MR) is 86.2 cm³/mol. The number of rotatable bonds is 2. The van der Waals surface area contributed by atoms with Crippen molar-refractivity contribution in [2.45, 2.75) is 60.0 Å². The molecule has 0 radical (unpaired) electrons. The number of benzene rings is 1. The quantitative estimate of drug-likeness (QED) is 0.617. The summed E-state index contributed by atoms with van der Waals surface area (Å²) in [6, 6.07) is 3.97. The third-order valence-electron chi connectivity index (χ3n) is 6.21. The maximum atomic E-state index is 13.0. The molecule has 0 spiro atoms. The summed E-state index contributed by atoms with van der Waals surface area (Å²) < 4.78 is 11.3. The summed E-state index contributed by atoms with van der Waals surface area (Å²) in [5.74, 6) is -0.169. The van der Waals surface area contributed by atoms with Crippen LogP contribution in [-0.4, -0.2) is 17.5 Å². The van der Waals surface area contributed by atoms with Crippen LogP contribution in [0.5, 0.6) is 5.75 Å². The van der Waals surface area contributed by atoms with Crippen LogP contribution in [0.15, 0.2) is 12.1 Å². The highest BCUT2D eigenvalue weighted by Crippen LogP contribution is 2.65. The normalized spacial score (nSPS) is 31.1. The summed E-state index contributed by atoms with van der Waals surface area (Å²) in [7, 11) is 0. The highest BCUT2D eigenvalue weighted by Gasteiger charge is 2.76. The Morgan fingerprint density at radius 3 is 2.09 bits per heavy atom. The minimum atomic E-state index is -1.18. The first-order chi connectivity index (χ1) is 10.5. The Hall–Kier alpha value is -1.84. The second kappa shape index (κ2) is 4.59. The van der Waals surface area contributed by atoms with E-state index in [1.165, 1.54) is 0 Å². The zero-order valence-corrected chi connectivity index (χ0v) is 14.7. The van der Waals surface area contributed by atoms with E-state index in [1.54, 1.807) is 0 Å². The van der Waals surface area contributed by atoms with E-state index in [4.69, 9.17) is 9.47 Å². The Morgan fingerprint density at radius 2 is 1.65 bits per heavy atom. The van der Waals surface area contributed by atoms with Gasteiger partial charge in [0.25, 0.3) is 0 Å². The Balaban J connectivity index is 1.98. The predicted octanol–water partition coefficient (Wildman–Crippen LogP) is 3.64. The van der Waals surface area contributed by atoms with Crippen LogP contribution in [0.1, 0.15) is 50.3 Å². The third-order valence-corrected chi connectivity index (χ3v) is 6.21. The van der Waals surface area contributed by atoms with E-state index < -0.39 is 22.4 Å². The number of fused-ring (bicyclic) bond motifs is 2. The van der Waals surface area contributed by atoms with Crippen molar-refractivity contribution in [3.8, 4) is 5.75 Å². The van der Waals surface area contributed by atoms with E-state index in [-0.39, 0.29) is 5.97 Å². The molecule has 2 atom stereocenters. The van der Waals surface area contributed by atoms with Crippen LogP contribution >= 0.6 is 0 Å². The summed E-state index contributed by atoms with van der Waals surface area (Å²) in [4.78, 5) is 25.3. The summed E-state index contributed by atoms with van der Waals surface area (Å²) in [6.45, 7) is 11.6. The number of aryl methyl sites for hydroxylation is 3. The molecule has 2 fully saturated rings. The Kier molecular flexibility index (Phi) is 3.20. The highest BCUT2D eigenvalue weighted by atomic mass is 16.6. The topological polar surface area (TPSA) is 52.6 Å². The lowest BCUT2D eigenvalue weighted by atomic mass is 9.66. The molecule has 0 N–H and O–H groups in total. The molecule has 4 nitrogen and oxygen atoms in total. The lowest BCUT2D eigenvalue weighted by molar-refractivity contribution is -0.176. The van der Waals surface area contributed by atoms with Crippen LogP contribution in [-0.2, 0) is 14.3 Å². The van der Waals surface area contributed by atoms with Crippen LogP contribution in [0.3, 0.4) is 0 Å². The van der Waals surface area contributed by atoms with Crippen LogP contribution < -0.4 is 4.74 Å². The molecule has 23 heavy (non-hydrogen) atoms. The molecule has 1 aliphatic carbocycles. The first-order valence-electron chi connectivity index (χ1n) is 8.09. The second-order valence-electron chi connectivity index (χ2n) is 7.79. The summed E-state index contributed by atoms with van der Waals surface area (Å²) in [5, 5.41) is 0. The van der Waals surface area contributed by atoms with E-state index in [2.05, 4.69) is 0 Å². The molecular weight excluding hydrogens is 292 g/mol. The number of hydrogen-bond donors (Lipinski definition) is 0. The molecule has 0 aromatic heterocycles. The van der Waals surface area contributed by atoms with Crippen molar-refractivity contribution in [3.05, 3.63) is 28.8 Å². The first kappa shape index (κ1) is 16.0. The molecule has 1 saturated carbocycles. The van der Waals surface area contributed by atoms with Gasteiger partial charge < -0.3 is 9.47 Å². The summed E-state index contributed by atoms with van der Waals surface area (Å²) >= 11 is 0. The van der Waals surface area contributed by atoms with Crippen molar-refractivity contribution >= 4 is 11.9 Å². The van der Waals surface area contributed by atoms with Gasteiger partial charge in [-0.25, -0.2) is 4.79 Å². The van der Waals surface area contributed by atoms with Gasteiger partial charge in [-0.3, -0.25) is 4.79 Å².